The van der Waals surface area contributed by atoms with Crippen molar-refractivity contribution >= 4 is 17.5 Å². The second-order valence-electron chi connectivity index (χ2n) is 3.90. The van der Waals surface area contributed by atoms with E-state index in [4.69, 9.17) is 0 Å². The van der Waals surface area contributed by atoms with E-state index >= 15 is 0 Å². The highest BCUT2D eigenvalue weighted by molar-refractivity contribution is 5.80. The average Bonchev–Trinajstić information content (AvgIpc) is 2.72. The minimum absolute atomic E-state index is 0.00673. The van der Waals surface area contributed by atoms with Crippen LogP contribution in [0.4, 0.5) is 5.82 Å². The lowest BCUT2D eigenvalue weighted by atomic mass is 10.4. The van der Waals surface area contributed by atoms with Crippen molar-refractivity contribution in [3.05, 3.63) is 18.1 Å². The van der Waals surface area contributed by atoms with E-state index in [0.717, 1.165) is 5.69 Å². The average molecular weight is 234 g/mol. The number of fused-ring (bicyclic) bond motifs is 1. The summed E-state index contributed by atoms with van der Waals surface area (Å²) in [7, 11) is 3.43. The monoisotopic (exact) mass is 234 g/mol. The first-order valence-electron chi connectivity index (χ1n) is 5.19. The Morgan fingerprint density at radius 2 is 2.29 bits per heavy atom. The van der Waals surface area contributed by atoms with E-state index in [1.807, 2.05) is 13.0 Å². The third kappa shape index (κ3) is 2.32. The van der Waals surface area contributed by atoms with Gasteiger partial charge in [-0.1, -0.05) is 0 Å². The molecule has 90 valence electrons. The zero-order valence-corrected chi connectivity index (χ0v) is 10.0. The third-order valence-corrected chi connectivity index (χ3v) is 2.30. The minimum atomic E-state index is -0.00673. The van der Waals surface area contributed by atoms with Crippen LogP contribution in [-0.2, 0) is 4.79 Å². The lowest BCUT2D eigenvalue weighted by Crippen LogP contribution is -2.29. The normalized spacial score (nSPS) is 10.5. The smallest absolute Gasteiger partial charge is 0.254 e. The molecule has 7 nitrogen and oxygen atoms in total. The van der Waals surface area contributed by atoms with Gasteiger partial charge in [-0.25, -0.2) is 4.98 Å². The topological polar surface area (TPSA) is 75.4 Å². The molecular formula is C10H14N6O. The summed E-state index contributed by atoms with van der Waals surface area (Å²) in [5.74, 6) is 1.22. The summed E-state index contributed by atoms with van der Waals surface area (Å²) < 4.78 is 1.57. The summed E-state index contributed by atoms with van der Waals surface area (Å²) in [5.41, 5.74) is 0.824. The maximum atomic E-state index is 11.5. The van der Waals surface area contributed by atoms with Crippen LogP contribution in [0.2, 0.25) is 0 Å². The molecule has 0 unspecified atom stereocenters. The fourth-order valence-corrected chi connectivity index (χ4v) is 1.38. The molecule has 0 fully saturated rings. The van der Waals surface area contributed by atoms with E-state index in [1.54, 1.807) is 18.6 Å². The number of carbonyl (C=O) groups excluding carboxylic acids is 1. The van der Waals surface area contributed by atoms with Crippen molar-refractivity contribution in [1.82, 2.24) is 24.5 Å². The summed E-state index contributed by atoms with van der Waals surface area (Å²) in [6.07, 6.45) is 1.43. The molecule has 0 aromatic carbocycles. The molecule has 1 N–H and O–H groups in total. The Bertz CT molecular complexity index is 547. The largest absolute Gasteiger partial charge is 0.361 e. The highest BCUT2D eigenvalue weighted by atomic mass is 16.2. The van der Waals surface area contributed by atoms with Gasteiger partial charge in [0.05, 0.1) is 6.54 Å². The second kappa shape index (κ2) is 4.36. The van der Waals surface area contributed by atoms with Crippen LogP contribution in [0.15, 0.2) is 12.4 Å². The van der Waals surface area contributed by atoms with Crippen molar-refractivity contribution in [2.45, 2.75) is 6.92 Å². The van der Waals surface area contributed by atoms with Crippen LogP contribution < -0.4 is 5.32 Å². The lowest BCUT2D eigenvalue weighted by Gasteiger charge is -2.12. The second-order valence-corrected chi connectivity index (χ2v) is 3.90. The first-order valence-corrected chi connectivity index (χ1v) is 5.19. The zero-order chi connectivity index (χ0) is 12.4. The number of nitrogens with zero attached hydrogens (tertiary/aromatic N) is 5. The number of hydrogen-bond acceptors (Lipinski definition) is 5. The number of nitrogens with one attached hydrogen (secondary N) is 1. The number of likely N-dealkylation sites (N-methyl/N-ethyl adjacent to an activating group) is 1. The van der Waals surface area contributed by atoms with E-state index in [2.05, 4.69) is 20.4 Å². The molecule has 2 aromatic rings. The Kier molecular flexibility index (Phi) is 2.90. The molecule has 2 aromatic heterocycles. The molecule has 0 atom stereocenters. The number of amides is 1. The van der Waals surface area contributed by atoms with Crippen LogP contribution in [0.1, 0.15) is 5.69 Å². The number of aryl methyl sites for hydroxylation is 1. The van der Waals surface area contributed by atoms with Crippen LogP contribution in [0.3, 0.4) is 0 Å². The van der Waals surface area contributed by atoms with Gasteiger partial charge < -0.3 is 10.2 Å². The Morgan fingerprint density at radius 1 is 1.53 bits per heavy atom. The Hall–Kier alpha value is -2.18. The van der Waals surface area contributed by atoms with Gasteiger partial charge in [-0.2, -0.15) is 14.6 Å². The quantitative estimate of drug-likeness (QED) is 0.804. The van der Waals surface area contributed by atoms with Crippen molar-refractivity contribution in [3.63, 3.8) is 0 Å². The number of carbonyl (C=O) groups is 1. The van der Waals surface area contributed by atoms with E-state index in [1.165, 1.54) is 11.2 Å². The van der Waals surface area contributed by atoms with Crippen LogP contribution >= 0.6 is 0 Å². The van der Waals surface area contributed by atoms with E-state index in [9.17, 15) is 4.79 Å². The van der Waals surface area contributed by atoms with Crippen LogP contribution in [0.25, 0.3) is 5.78 Å². The molecule has 0 saturated heterocycles. The molecule has 0 bridgehead atoms. The SMILES string of the molecule is Cc1cc(NCC(=O)N(C)C)n2ncnc2n1. The van der Waals surface area contributed by atoms with Gasteiger partial charge in [-0.3, -0.25) is 4.79 Å². The van der Waals surface area contributed by atoms with Crippen LogP contribution in [-0.4, -0.2) is 51.0 Å². The molecule has 17 heavy (non-hydrogen) atoms. The highest BCUT2D eigenvalue weighted by Crippen LogP contribution is 2.09. The molecule has 7 heteroatoms. The maximum Gasteiger partial charge on any atom is 0.254 e. The molecule has 0 radical (unpaired) electrons. The Balaban J connectivity index is 2.23. The summed E-state index contributed by atoms with van der Waals surface area (Å²) >= 11 is 0. The van der Waals surface area contributed by atoms with Crippen molar-refractivity contribution in [2.75, 3.05) is 26.0 Å². The number of anilines is 1. The van der Waals surface area contributed by atoms with Crippen molar-refractivity contribution in [1.29, 1.82) is 0 Å². The molecule has 0 aliphatic heterocycles. The number of rotatable bonds is 3. The van der Waals surface area contributed by atoms with Gasteiger partial charge in [-0.05, 0) is 6.92 Å². The Labute approximate surface area is 98.5 Å². The lowest BCUT2D eigenvalue weighted by molar-refractivity contribution is -0.126. The molecule has 0 aliphatic rings. The summed E-state index contributed by atoms with van der Waals surface area (Å²) in [5, 5.41) is 7.06. The van der Waals surface area contributed by atoms with Gasteiger partial charge in [0.1, 0.15) is 12.1 Å². The molecule has 2 heterocycles. The molecule has 1 amide bonds. The first kappa shape index (κ1) is 11.3. The molecule has 2 rings (SSSR count). The van der Waals surface area contributed by atoms with Gasteiger partial charge in [0.2, 0.25) is 5.91 Å². The number of aromatic nitrogens is 4. The molecule has 0 aliphatic carbocycles. The van der Waals surface area contributed by atoms with Crippen LogP contribution in [0, 0.1) is 6.92 Å². The van der Waals surface area contributed by atoms with Gasteiger partial charge >= 0.3 is 0 Å². The molecule has 0 saturated carbocycles. The molecule has 0 spiro atoms. The first-order chi connectivity index (χ1) is 8.08. The van der Waals surface area contributed by atoms with Gasteiger partial charge in [0.25, 0.3) is 5.78 Å². The fraction of sp³-hybridized carbons (Fsp3) is 0.400. The van der Waals surface area contributed by atoms with E-state index < -0.39 is 0 Å². The van der Waals surface area contributed by atoms with E-state index in [-0.39, 0.29) is 12.5 Å². The van der Waals surface area contributed by atoms with Crippen molar-refractivity contribution in [2.24, 2.45) is 0 Å². The third-order valence-electron chi connectivity index (χ3n) is 2.30. The van der Waals surface area contributed by atoms with Crippen LogP contribution in [0.5, 0.6) is 0 Å². The maximum absolute atomic E-state index is 11.5. The zero-order valence-electron chi connectivity index (χ0n) is 10.0. The van der Waals surface area contributed by atoms with Crippen molar-refractivity contribution in [3.8, 4) is 0 Å². The molecular weight excluding hydrogens is 220 g/mol. The minimum Gasteiger partial charge on any atom is -0.361 e. The Morgan fingerprint density at radius 3 is 3.00 bits per heavy atom. The summed E-state index contributed by atoms with van der Waals surface area (Å²) in [6.45, 7) is 2.08. The summed E-state index contributed by atoms with van der Waals surface area (Å²) in [4.78, 5) is 21.2. The van der Waals surface area contributed by atoms with E-state index in [0.29, 0.717) is 11.6 Å². The predicted molar refractivity (Wildman–Crippen MR) is 62.7 cm³/mol. The van der Waals surface area contributed by atoms with Crippen molar-refractivity contribution < 1.29 is 4.79 Å². The standard InChI is InChI=1S/C10H14N6O/c1-7-4-8(11-5-9(17)15(2)3)16-10(14-7)12-6-13-16/h4,6,11H,5H2,1-3H3. The summed E-state index contributed by atoms with van der Waals surface area (Å²) in [6, 6.07) is 1.82. The predicted octanol–water partition coefficient (Wildman–Crippen LogP) is -0.0672. The van der Waals surface area contributed by atoms with Gasteiger partial charge in [0.15, 0.2) is 0 Å². The highest BCUT2D eigenvalue weighted by Gasteiger charge is 2.08. The van der Waals surface area contributed by atoms with Gasteiger partial charge in [-0.15, -0.1) is 0 Å². The van der Waals surface area contributed by atoms with Gasteiger partial charge in [0, 0.05) is 25.9 Å². The number of hydrogen-bond donors (Lipinski definition) is 1. The fourth-order valence-electron chi connectivity index (χ4n) is 1.38.